The Morgan fingerprint density at radius 2 is 1.81 bits per heavy atom. The van der Waals surface area contributed by atoms with Gasteiger partial charge in [0.25, 0.3) is 5.91 Å². The molecule has 9 nitrogen and oxygen atoms in total. The van der Waals surface area contributed by atoms with Gasteiger partial charge in [-0.2, -0.15) is 14.9 Å². The normalized spacial score (nSPS) is 11.2. The smallest absolute Gasteiger partial charge is 0.263 e. The molecule has 0 fully saturated rings. The quantitative estimate of drug-likeness (QED) is 0.362. The van der Waals surface area contributed by atoms with Crippen LogP contribution < -0.4 is 10.1 Å². The van der Waals surface area contributed by atoms with E-state index in [1.165, 1.54) is 28.7 Å². The lowest BCUT2D eigenvalue weighted by Gasteiger charge is -2.11. The molecule has 36 heavy (non-hydrogen) atoms. The van der Waals surface area contributed by atoms with Gasteiger partial charge in [0.15, 0.2) is 18.1 Å². The highest BCUT2D eigenvalue weighted by Crippen LogP contribution is 2.24. The van der Waals surface area contributed by atoms with Gasteiger partial charge in [0, 0.05) is 6.07 Å². The molecule has 2 aromatic carbocycles. The number of ether oxygens (including phenoxy) is 1. The number of amides is 1. The number of benzene rings is 2. The third-order valence-electron chi connectivity index (χ3n) is 5.63. The van der Waals surface area contributed by atoms with Crippen LogP contribution >= 0.6 is 0 Å². The highest BCUT2D eigenvalue weighted by atomic mass is 19.1. The lowest BCUT2D eigenvalue weighted by molar-refractivity contribution is -0.118. The summed E-state index contributed by atoms with van der Waals surface area (Å²) in [6, 6.07) is 15.4. The van der Waals surface area contributed by atoms with Crippen molar-refractivity contribution in [1.82, 2.24) is 29.5 Å². The highest BCUT2D eigenvalue weighted by molar-refractivity contribution is 5.92. The van der Waals surface area contributed by atoms with Crippen LogP contribution in [0.1, 0.15) is 31.0 Å². The van der Waals surface area contributed by atoms with Crippen LogP contribution in [0.3, 0.4) is 0 Å². The number of aromatic nitrogens is 6. The Balaban J connectivity index is 1.38. The van der Waals surface area contributed by atoms with E-state index < -0.39 is 0 Å². The van der Waals surface area contributed by atoms with Crippen LogP contribution in [0.25, 0.3) is 22.5 Å². The first-order valence-electron chi connectivity index (χ1n) is 11.4. The molecule has 5 rings (SSSR count). The van der Waals surface area contributed by atoms with Gasteiger partial charge in [0.1, 0.15) is 23.7 Å². The van der Waals surface area contributed by atoms with Gasteiger partial charge in [-0.3, -0.25) is 4.79 Å². The van der Waals surface area contributed by atoms with Gasteiger partial charge >= 0.3 is 0 Å². The average Bonchev–Trinajstić information content (AvgIpc) is 3.46. The molecule has 0 unspecified atom stereocenters. The predicted octanol–water partition coefficient (Wildman–Crippen LogP) is 4.59. The van der Waals surface area contributed by atoms with Crippen molar-refractivity contribution in [1.29, 1.82) is 0 Å². The zero-order chi connectivity index (χ0) is 25.2. The van der Waals surface area contributed by atoms with E-state index in [-0.39, 0.29) is 18.3 Å². The Bertz CT molecular complexity index is 1520. The molecule has 0 radical (unpaired) electrons. The van der Waals surface area contributed by atoms with Gasteiger partial charge in [-0.1, -0.05) is 26.0 Å². The summed E-state index contributed by atoms with van der Waals surface area (Å²) in [5, 5.41) is 12.4. The number of carbonyl (C=O) groups is 1. The molecule has 182 valence electrons. The molecular formula is C26H24FN7O2. The standard InChI is InChI=1S/C26H24FN7O2/c1-16(2)18-4-10-21(11-5-18)36-14-24(35)31-23-12-17(3)32-34(23)26-22-13-30-33(25(22)28-15-29-26)20-8-6-19(27)7-9-20/h4-13,15-16H,14H2,1-3H3,(H,31,35). The summed E-state index contributed by atoms with van der Waals surface area (Å²) >= 11 is 0. The maximum atomic E-state index is 13.4. The Labute approximate surface area is 206 Å². The highest BCUT2D eigenvalue weighted by Gasteiger charge is 2.18. The summed E-state index contributed by atoms with van der Waals surface area (Å²) < 4.78 is 22.1. The molecule has 3 aromatic heterocycles. The number of anilines is 1. The van der Waals surface area contributed by atoms with Gasteiger partial charge in [-0.25, -0.2) is 19.0 Å². The zero-order valence-electron chi connectivity index (χ0n) is 20.0. The molecule has 0 bridgehead atoms. The van der Waals surface area contributed by atoms with Crippen LogP contribution in [-0.4, -0.2) is 42.0 Å². The van der Waals surface area contributed by atoms with Crippen molar-refractivity contribution in [3.63, 3.8) is 0 Å². The molecule has 1 N–H and O–H groups in total. The number of hydrogen-bond donors (Lipinski definition) is 1. The van der Waals surface area contributed by atoms with Crippen LogP contribution in [0.15, 0.2) is 67.1 Å². The van der Waals surface area contributed by atoms with Crippen molar-refractivity contribution in [2.24, 2.45) is 0 Å². The maximum absolute atomic E-state index is 13.4. The predicted molar refractivity (Wildman–Crippen MR) is 133 cm³/mol. The maximum Gasteiger partial charge on any atom is 0.263 e. The van der Waals surface area contributed by atoms with E-state index in [4.69, 9.17) is 4.74 Å². The molecule has 3 heterocycles. The monoisotopic (exact) mass is 485 g/mol. The van der Waals surface area contributed by atoms with E-state index in [1.54, 1.807) is 29.1 Å². The van der Waals surface area contributed by atoms with Crippen molar-refractivity contribution in [2.45, 2.75) is 26.7 Å². The number of carbonyl (C=O) groups excluding carboxylic acids is 1. The molecule has 0 saturated heterocycles. The number of aryl methyl sites for hydroxylation is 1. The fourth-order valence-electron chi connectivity index (χ4n) is 3.80. The van der Waals surface area contributed by atoms with Crippen LogP contribution in [0.5, 0.6) is 5.75 Å². The second kappa shape index (κ2) is 9.57. The fraction of sp³-hybridized carbons (Fsp3) is 0.192. The second-order valence-electron chi connectivity index (χ2n) is 8.61. The SMILES string of the molecule is Cc1cc(NC(=O)COc2ccc(C(C)C)cc2)n(-c2ncnc3c2cnn3-c2ccc(F)cc2)n1. The summed E-state index contributed by atoms with van der Waals surface area (Å²) in [7, 11) is 0. The summed E-state index contributed by atoms with van der Waals surface area (Å²) in [4.78, 5) is 21.4. The Morgan fingerprint density at radius 3 is 2.53 bits per heavy atom. The number of nitrogens with zero attached hydrogens (tertiary/aromatic N) is 6. The van der Waals surface area contributed by atoms with Crippen LogP contribution in [0.4, 0.5) is 10.2 Å². The van der Waals surface area contributed by atoms with Crippen LogP contribution in [0, 0.1) is 12.7 Å². The Hall–Kier alpha value is -4.60. The lowest BCUT2D eigenvalue weighted by atomic mass is 10.0. The topological polar surface area (TPSA) is 99.7 Å². The van der Waals surface area contributed by atoms with Gasteiger partial charge in [-0.15, -0.1) is 0 Å². The van der Waals surface area contributed by atoms with E-state index >= 15 is 0 Å². The van der Waals surface area contributed by atoms with Gasteiger partial charge in [0.2, 0.25) is 0 Å². The molecule has 0 aliphatic carbocycles. The van der Waals surface area contributed by atoms with Crippen LogP contribution in [-0.2, 0) is 4.79 Å². The first kappa shape index (κ1) is 23.2. The molecule has 5 aromatic rings. The molecule has 0 spiro atoms. The van der Waals surface area contributed by atoms with E-state index in [2.05, 4.69) is 39.3 Å². The molecular weight excluding hydrogens is 461 g/mol. The van der Waals surface area contributed by atoms with Gasteiger partial charge in [-0.05, 0) is 54.8 Å². The van der Waals surface area contributed by atoms with E-state index in [0.29, 0.717) is 45.7 Å². The fourth-order valence-corrected chi connectivity index (χ4v) is 3.80. The lowest BCUT2D eigenvalue weighted by Crippen LogP contribution is -2.22. The summed E-state index contributed by atoms with van der Waals surface area (Å²) in [5.74, 6) is 1.24. The minimum atomic E-state index is -0.338. The number of nitrogens with one attached hydrogen (secondary N) is 1. The van der Waals surface area contributed by atoms with Crippen molar-refractivity contribution in [2.75, 3.05) is 11.9 Å². The summed E-state index contributed by atoms with van der Waals surface area (Å²) in [6.07, 6.45) is 3.01. The third kappa shape index (κ3) is 4.65. The van der Waals surface area contributed by atoms with Gasteiger partial charge in [0.05, 0.1) is 23.0 Å². The number of fused-ring (bicyclic) bond motifs is 1. The second-order valence-corrected chi connectivity index (χ2v) is 8.61. The zero-order valence-corrected chi connectivity index (χ0v) is 20.0. The van der Waals surface area contributed by atoms with Crippen molar-refractivity contribution < 1.29 is 13.9 Å². The minimum absolute atomic E-state index is 0.160. The van der Waals surface area contributed by atoms with E-state index in [0.717, 1.165) is 0 Å². The summed E-state index contributed by atoms with van der Waals surface area (Å²) in [6.45, 7) is 5.90. The molecule has 10 heteroatoms. The van der Waals surface area contributed by atoms with Crippen molar-refractivity contribution in [3.05, 3.63) is 84.2 Å². The average molecular weight is 486 g/mol. The number of halogens is 1. The summed E-state index contributed by atoms with van der Waals surface area (Å²) in [5.41, 5.74) is 3.06. The molecule has 0 aliphatic rings. The first-order valence-corrected chi connectivity index (χ1v) is 11.4. The van der Waals surface area contributed by atoms with E-state index in [9.17, 15) is 9.18 Å². The van der Waals surface area contributed by atoms with Crippen molar-refractivity contribution >= 4 is 22.8 Å². The van der Waals surface area contributed by atoms with Gasteiger partial charge < -0.3 is 10.1 Å². The van der Waals surface area contributed by atoms with Crippen LogP contribution in [0.2, 0.25) is 0 Å². The number of hydrogen-bond acceptors (Lipinski definition) is 6. The third-order valence-corrected chi connectivity index (χ3v) is 5.63. The first-order chi connectivity index (χ1) is 17.4. The largest absolute Gasteiger partial charge is 0.484 e. The Morgan fingerprint density at radius 1 is 1.06 bits per heavy atom. The van der Waals surface area contributed by atoms with E-state index in [1.807, 2.05) is 31.2 Å². The molecule has 0 atom stereocenters. The Kier molecular flexibility index (Phi) is 6.16. The number of rotatable bonds is 7. The molecule has 0 saturated carbocycles. The molecule has 1 amide bonds. The minimum Gasteiger partial charge on any atom is -0.484 e. The molecule has 0 aliphatic heterocycles. The van der Waals surface area contributed by atoms with Crippen molar-refractivity contribution in [3.8, 4) is 17.3 Å².